The SMILES string of the molecule is COc1ccc(C(Nc2ccsc2C(C)=O)C(=O)O)cc1. The van der Waals surface area contributed by atoms with Gasteiger partial charge in [0.05, 0.1) is 17.7 Å². The Balaban J connectivity index is 2.28. The number of benzene rings is 1. The average molecular weight is 305 g/mol. The van der Waals surface area contributed by atoms with Crippen LogP contribution in [-0.2, 0) is 4.79 Å². The van der Waals surface area contributed by atoms with Crippen LogP contribution in [-0.4, -0.2) is 24.0 Å². The van der Waals surface area contributed by atoms with Crippen molar-refractivity contribution < 1.29 is 19.4 Å². The van der Waals surface area contributed by atoms with Crippen LogP contribution in [0.15, 0.2) is 35.7 Å². The van der Waals surface area contributed by atoms with Gasteiger partial charge in [-0.1, -0.05) is 12.1 Å². The van der Waals surface area contributed by atoms with Crippen LogP contribution in [0.3, 0.4) is 0 Å². The first kappa shape index (κ1) is 15.1. The summed E-state index contributed by atoms with van der Waals surface area (Å²) in [5.41, 5.74) is 1.12. The highest BCUT2D eigenvalue weighted by atomic mass is 32.1. The molecule has 0 aliphatic carbocycles. The summed E-state index contributed by atoms with van der Waals surface area (Å²) >= 11 is 1.29. The highest BCUT2D eigenvalue weighted by Crippen LogP contribution is 2.28. The second kappa shape index (κ2) is 6.41. The van der Waals surface area contributed by atoms with Crippen LogP contribution in [0.4, 0.5) is 5.69 Å². The smallest absolute Gasteiger partial charge is 0.330 e. The van der Waals surface area contributed by atoms with Gasteiger partial charge in [-0.25, -0.2) is 4.79 Å². The predicted octanol–water partition coefficient (Wildman–Crippen LogP) is 3.20. The number of carbonyl (C=O) groups excluding carboxylic acids is 1. The molecule has 5 nitrogen and oxygen atoms in total. The number of carboxylic acid groups (broad SMARTS) is 1. The number of thiophene rings is 1. The maximum absolute atomic E-state index is 11.5. The number of rotatable bonds is 6. The lowest BCUT2D eigenvalue weighted by atomic mass is 10.1. The summed E-state index contributed by atoms with van der Waals surface area (Å²) < 4.78 is 5.06. The van der Waals surface area contributed by atoms with Crippen molar-refractivity contribution in [2.24, 2.45) is 0 Å². The molecule has 0 saturated carbocycles. The highest BCUT2D eigenvalue weighted by Gasteiger charge is 2.22. The fourth-order valence-electron chi connectivity index (χ4n) is 1.94. The van der Waals surface area contributed by atoms with Gasteiger partial charge in [0.15, 0.2) is 11.8 Å². The van der Waals surface area contributed by atoms with Crippen molar-refractivity contribution in [3.05, 3.63) is 46.2 Å². The molecular weight excluding hydrogens is 290 g/mol. The van der Waals surface area contributed by atoms with Gasteiger partial charge in [-0.3, -0.25) is 4.79 Å². The molecule has 1 heterocycles. The topological polar surface area (TPSA) is 75.6 Å². The highest BCUT2D eigenvalue weighted by molar-refractivity contribution is 7.12. The number of aliphatic carboxylic acids is 1. The maximum atomic E-state index is 11.5. The van der Waals surface area contributed by atoms with Gasteiger partial charge in [0.2, 0.25) is 0 Å². The Morgan fingerprint density at radius 3 is 2.43 bits per heavy atom. The van der Waals surface area contributed by atoms with Crippen molar-refractivity contribution in [3.8, 4) is 5.75 Å². The van der Waals surface area contributed by atoms with Crippen molar-refractivity contribution in [1.29, 1.82) is 0 Å². The molecule has 110 valence electrons. The summed E-state index contributed by atoms with van der Waals surface area (Å²) in [6.45, 7) is 1.46. The first-order valence-electron chi connectivity index (χ1n) is 6.24. The fourth-order valence-corrected chi connectivity index (χ4v) is 2.70. The molecule has 2 rings (SSSR count). The Labute approximate surface area is 126 Å². The Morgan fingerprint density at radius 1 is 1.24 bits per heavy atom. The third kappa shape index (κ3) is 3.41. The number of carboxylic acids is 1. The molecule has 0 fully saturated rings. The molecule has 1 aromatic heterocycles. The second-order valence-corrected chi connectivity index (χ2v) is 5.32. The van der Waals surface area contributed by atoms with Crippen LogP contribution in [0, 0.1) is 0 Å². The summed E-state index contributed by atoms with van der Waals surface area (Å²) in [5, 5.41) is 14.1. The zero-order chi connectivity index (χ0) is 15.4. The standard InChI is InChI=1S/C15H15NO4S/c1-9(17)14-12(7-8-21-14)16-13(15(18)19)10-3-5-11(20-2)6-4-10/h3-8,13,16H,1-2H3,(H,18,19). The van der Waals surface area contributed by atoms with Crippen molar-refractivity contribution in [2.75, 3.05) is 12.4 Å². The van der Waals surface area contributed by atoms with E-state index in [0.29, 0.717) is 21.9 Å². The largest absolute Gasteiger partial charge is 0.497 e. The average Bonchev–Trinajstić information content (AvgIpc) is 2.93. The van der Waals surface area contributed by atoms with Crippen LogP contribution in [0.25, 0.3) is 0 Å². The Morgan fingerprint density at radius 2 is 1.90 bits per heavy atom. The van der Waals surface area contributed by atoms with E-state index in [1.807, 2.05) is 0 Å². The summed E-state index contributed by atoms with van der Waals surface area (Å²) in [6, 6.07) is 7.55. The summed E-state index contributed by atoms with van der Waals surface area (Å²) in [7, 11) is 1.55. The molecular formula is C15H15NO4S. The number of hydrogen-bond donors (Lipinski definition) is 2. The second-order valence-electron chi connectivity index (χ2n) is 4.41. The minimum Gasteiger partial charge on any atom is -0.497 e. The van der Waals surface area contributed by atoms with E-state index in [9.17, 15) is 14.7 Å². The molecule has 0 aliphatic rings. The maximum Gasteiger partial charge on any atom is 0.330 e. The lowest BCUT2D eigenvalue weighted by Crippen LogP contribution is -2.21. The minimum atomic E-state index is -1.01. The van der Waals surface area contributed by atoms with E-state index in [1.165, 1.54) is 18.3 Å². The third-order valence-electron chi connectivity index (χ3n) is 2.98. The Kier molecular flexibility index (Phi) is 4.59. The lowest BCUT2D eigenvalue weighted by Gasteiger charge is -2.16. The molecule has 2 aromatic rings. The van der Waals surface area contributed by atoms with E-state index in [1.54, 1.807) is 42.8 Å². The van der Waals surface area contributed by atoms with Gasteiger partial charge in [-0.05, 0) is 29.1 Å². The van der Waals surface area contributed by atoms with Gasteiger partial charge in [0.1, 0.15) is 5.75 Å². The van der Waals surface area contributed by atoms with Crippen molar-refractivity contribution in [3.63, 3.8) is 0 Å². The summed E-state index contributed by atoms with van der Waals surface area (Å²) in [4.78, 5) is 23.5. The first-order chi connectivity index (χ1) is 10.0. The fraction of sp³-hybridized carbons (Fsp3) is 0.200. The van der Waals surface area contributed by atoms with E-state index in [0.717, 1.165) is 0 Å². The zero-order valence-electron chi connectivity index (χ0n) is 11.6. The number of nitrogens with one attached hydrogen (secondary N) is 1. The van der Waals surface area contributed by atoms with Crippen LogP contribution in [0.5, 0.6) is 5.75 Å². The number of ketones is 1. The van der Waals surface area contributed by atoms with Gasteiger partial charge < -0.3 is 15.2 Å². The van der Waals surface area contributed by atoms with Crippen LogP contribution < -0.4 is 10.1 Å². The molecule has 6 heteroatoms. The monoisotopic (exact) mass is 305 g/mol. The van der Waals surface area contributed by atoms with Crippen molar-refractivity contribution >= 4 is 28.8 Å². The molecule has 1 atom stereocenters. The number of carbonyl (C=O) groups is 2. The van der Waals surface area contributed by atoms with Gasteiger partial charge in [-0.15, -0.1) is 11.3 Å². The molecule has 0 aliphatic heterocycles. The van der Waals surface area contributed by atoms with Gasteiger partial charge in [-0.2, -0.15) is 0 Å². The van der Waals surface area contributed by atoms with E-state index < -0.39 is 12.0 Å². The summed E-state index contributed by atoms with van der Waals surface area (Å²) in [6.07, 6.45) is 0. The van der Waals surface area contributed by atoms with E-state index in [4.69, 9.17) is 4.74 Å². The quantitative estimate of drug-likeness (QED) is 0.802. The van der Waals surface area contributed by atoms with Crippen LogP contribution in [0.2, 0.25) is 0 Å². The molecule has 1 aromatic carbocycles. The normalized spacial score (nSPS) is 11.7. The number of hydrogen-bond acceptors (Lipinski definition) is 5. The lowest BCUT2D eigenvalue weighted by molar-refractivity contribution is -0.138. The molecule has 1 unspecified atom stereocenters. The predicted molar refractivity (Wildman–Crippen MR) is 81.3 cm³/mol. The van der Waals surface area contributed by atoms with Crippen molar-refractivity contribution in [1.82, 2.24) is 0 Å². The van der Waals surface area contributed by atoms with E-state index in [-0.39, 0.29) is 5.78 Å². The zero-order valence-corrected chi connectivity index (χ0v) is 12.4. The number of methoxy groups -OCH3 is 1. The Bertz CT molecular complexity index is 648. The molecule has 21 heavy (non-hydrogen) atoms. The Hall–Kier alpha value is -2.34. The molecule has 2 N–H and O–H groups in total. The molecule has 0 bridgehead atoms. The van der Waals surface area contributed by atoms with Gasteiger partial charge >= 0.3 is 5.97 Å². The molecule has 0 spiro atoms. The molecule has 0 amide bonds. The summed E-state index contributed by atoms with van der Waals surface area (Å²) in [5.74, 6) is -0.449. The van der Waals surface area contributed by atoms with E-state index >= 15 is 0 Å². The number of anilines is 1. The number of ether oxygens (including phenoxy) is 1. The minimum absolute atomic E-state index is 0.0913. The van der Waals surface area contributed by atoms with Gasteiger partial charge in [0, 0.05) is 6.92 Å². The van der Waals surface area contributed by atoms with Crippen LogP contribution in [0.1, 0.15) is 28.2 Å². The molecule has 0 saturated heterocycles. The molecule has 0 radical (unpaired) electrons. The number of Topliss-reactive ketones (excluding diaryl/α,β-unsaturated/α-hetero) is 1. The van der Waals surface area contributed by atoms with Crippen molar-refractivity contribution in [2.45, 2.75) is 13.0 Å². The third-order valence-corrected chi connectivity index (χ3v) is 4.00. The van der Waals surface area contributed by atoms with E-state index in [2.05, 4.69) is 5.32 Å². The van der Waals surface area contributed by atoms with Gasteiger partial charge in [0.25, 0.3) is 0 Å². The first-order valence-corrected chi connectivity index (χ1v) is 7.12. The van der Waals surface area contributed by atoms with Crippen LogP contribution >= 0.6 is 11.3 Å².